The molecule has 0 radical (unpaired) electrons. The van der Waals surface area contributed by atoms with Crippen LogP contribution in [0.2, 0.25) is 0 Å². The van der Waals surface area contributed by atoms with Gasteiger partial charge in [-0.25, -0.2) is 4.99 Å². The molecule has 148 valence electrons. The third-order valence-electron chi connectivity index (χ3n) is 6.00. The van der Waals surface area contributed by atoms with Crippen LogP contribution in [0, 0.1) is 5.92 Å². The fourth-order valence-corrected chi connectivity index (χ4v) is 5.24. The van der Waals surface area contributed by atoms with Crippen LogP contribution in [-0.4, -0.2) is 82.5 Å². The van der Waals surface area contributed by atoms with Crippen molar-refractivity contribution in [3.63, 3.8) is 0 Å². The van der Waals surface area contributed by atoms with Gasteiger partial charge in [-0.2, -0.15) is 0 Å². The Balaban J connectivity index is 1.68. The minimum atomic E-state index is -2.22. The molecular weight excluding hydrogens is 366 g/mol. The molecule has 7 bridgehead atoms. The maximum absolute atomic E-state index is 11.9. The Morgan fingerprint density at radius 1 is 1.30 bits per heavy atom. The first-order valence-electron chi connectivity index (χ1n) is 8.50. The summed E-state index contributed by atoms with van der Waals surface area (Å²) < 4.78 is 27.8. The Labute approximate surface area is 152 Å². The van der Waals surface area contributed by atoms with Crippen molar-refractivity contribution in [2.75, 3.05) is 6.61 Å². The van der Waals surface area contributed by atoms with Crippen LogP contribution in [0.4, 0.5) is 0 Å². The summed E-state index contributed by atoms with van der Waals surface area (Å²) in [5.41, 5.74) is 2.88. The van der Waals surface area contributed by atoms with Gasteiger partial charge in [-0.1, -0.05) is 0 Å². The molecule has 5 N–H and O–H groups in total. The first-order valence-corrected chi connectivity index (χ1v) is 8.50. The van der Waals surface area contributed by atoms with Crippen LogP contribution in [0.1, 0.15) is 13.8 Å². The normalized spacial score (nSPS) is 53.6. The highest BCUT2D eigenvalue weighted by atomic mass is 16.9. The molecule has 0 aromatic heterocycles. The predicted molar refractivity (Wildman–Crippen MR) is 81.5 cm³/mol. The van der Waals surface area contributed by atoms with Gasteiger partial charge in [0, 0.05) is 13.8 Å². The van der Waals surface area contributed by atoms with E-state index in [9.17, 15) is 19.8 Å². The maximum Gasteiger partial charge on any atom is 0.311 e. The van der Waals surface area contributed by atoms with Crippen molar-refractivity contribution >= 4 is 17.9 Å². The lowest BCUT2D eigenvalue weighted by molar-refractivity contribution is -0.528. The first-order chi connectivity index (χ1) is 12.6. The minimum Gasteiger partial charge on any atom is -0.461 e. The van der Waals surface area contributed by atoms with Crippen molar-refractivity contribution in [2.45, 2.75) is 61.6 Å². The van der Waals surface area contributed by atoms with E-state index in [2.05, 4.69) is 10.3 Å². The van der Waals surface area contributed by atoms with E-state index in [0.29, 0.717) is 0 Å². The van der Waals surface area contributed by atoms with Crippen LogP contribution in [-0.2, 0) is 33.3 Å². The SMILES string of the molecule is CC(=O)OC[C@]1(OC(C)=O)C2O[C@@]3(O)O[C@@H]1C(O)C14NC(N)=NC(O[C@@H]13)C24. The quantitative estimate of drug-likeness (QED) is 0.358. The molecule has 5 aliphatic heterocycles. The van der Waals surface area contributed by atoms with Crippen LogP contribution in [0.25, 0.3) is 0 Å². The summed E-state index contributed by atoms with van der Waals surface area (Å²) in [6.07, 6.45) is -5.63. The number of esters is 2. The van der Waals surface area contributed by atoms with Crippen molar-refractivity contribution < 1.29 is 43.5 Å². The predicted octanol–water partition coefficient (Wildman–Crippen LogP) is -3.33. The molecule has 6 rings (SSSR count). The van der Waals surface area contributed by atoms with Gasteiger partial charge in [-0.15, -0.1) is 0 Å². The fraction of sp³-hybridized carbons (Fsp3) is 0.800. The van der Waals surface area contributed by atoms with Gasteiger partial charge in [0.2, 0.25) is 5.60 Å². The molecule has 1 saturated carbocycles. The molecule has 12 heteroatoms. The standard InChI is InChI=1S/C15H19N3O9/c1-4(19)23-3-13(25-5(2)20)8-6-10-17-12(16)18-14(6)7(21)9(13)27-15(22,26-8)11(14)24-10/h6-11,21-22H,3H2,1-2H3,(H3,16,17,18)/t6?,7?,8?,9-,10?,11+,13+,14?,15-/m1/s1. The number of guanidine groups is 1. The number of aliphatic imine (C=N–C) groups is 1. The average molecular weight is 385 g/mol. The summed E-state index contributed by atoms with van der Waals surface area (Å²) in [7, 11) is 0. The van der Waals surface area contributed by atoms with Crippen molar-refractivity contribution in [3.8, 4) is 0 Å². The number of carbonyl (C=O) groups is 2. The molecule has 1 spiro atoms. The molecule has 0 aromatic rings. The maximum atomic E-state index is 11.9. The van der Waals surface area contributed by atoms with Crippen LogP contribution < -0.4 is 11.1 Å². The molecule has 1 aliphatic carbocycles. The van der Waals surface area contributed by atoms with E-state index in [-0.39, 0.29) is 5.96 Å². The second-order valence-electron chi connectivity index (χ2n) is 7.49. The summed E-state index contributed by atoms with van der Waals surface area (Å²) in [6.45, 7) is 1.93. The van der Waals surface area contributed by atoms with E-state index in [1.165, 1.54) is 13.8 Å². The molecule has 6 aliphatic rings. The molecule has 12 nitrogen and oxygen atoms in total. The number of ether oxygens (including phenoxy) is 5. The third-order valence-corrected chi connectivity index (χ3v) is 6.00. The van der Waals surface area contributed by atoms with Crippen molar-refractivity contribution in [2.24, 2.45) is 16.6 Å². The lowest BCUT2D eigenvalue weighted by atomic mass is 9.56. The van der Waals surface area contributed by atoms with Gasteiger partial charge in [-0.3, -0.25) is 9.59 Å². The zero-order chi connectivity index (χ0) is 19.4. The van der Waals surface area contributed by atoms with E-state index in [1.54, 1.807) is 0 Å². The molecule has 9 atom stereocenters. The molecule has 4 saturated heterocycles. The van der Waals surface area contributed by atoms with Gasteiger partial charge in [-0.05, 0) is 0 Å². The third kappa shape index (κ3) is 1.82. The van der Waals surface area contributed by atoms with E-state index in [4.69, 9.17) is 29.4 Å². The average Bonchev–Trinajstić information content (AvgIpc) is 2.71. The van der Waals surface area contributed by atoms with Gasteiger partial charge >= 0.3 is 17.9 Å². The van der Waals surface area contributed by atoms with Crippen molar-refractivity contribution in [1.82, 2.24) is 5.32 Å². The molecule has 5 unspecified atom stereocenters. The van der Waals surface area contributed by atoms with Gasteiger partial charge < -0.3 is 44.9 Å². The molecule has 0 amide bonds. The largest absolute Gasteiger partial charge is 0.461 e. The lowest BCUT2D eigenvalue weighted by Crippen LogP contribution is -2.93. The lowest BCUT2D eigenvalue weighted by Gasteiger charge is -2.68. The number of rotatable bonds is 3. The van der Waals surface area contributed by atoms with Gasteiger partial charge in [0.25, 0.3) is 0 Å². The van der Waals surface area contributed by atoms with E-state index >= 15 is 0 Å². The molecule has 0 aromatic carbocycles. The van der Waals surface area contributed by atoms with Gasteiger partial charge in [0.15, 0.2) is 18.3 Å². The number of nitrogens with one attached hydrogen (secondary N) is 1. The summed E-state index contributed by atoms with van der Waals surface area (Å²) in [5, 5.41) is 25.0. The Kier molecular flexibility index (Phi) is 3.10. The summed E-state index contributed by atoms with van der Waals surface area (Å²) in [5.74, 6) is -4.17. The minimum absolute atomic E-state index is 0.0430. The van der Waals surface area contributed by atoms with Crippen LogP contribution in [0.3, 0.4) is 0 Å². The highest BCUT2D eigenvalue weighted by molar-refractivity contribution is 5.81. The summed E-state index contributed by atoms with van der Waals surface area (Å²) >= 11 is 0. The highest BCUT2D eigenvalue weighted by Gasteiger charge is 2.88. The van der Waals surface area contributed by atoms with Crippen LogP contribution >= 0.6 is 0 Å². The summed E-state index contributed by atoms with van der Waals surface area (Å²) in [6, 6.07) is 0. The molecule has 5 heterocycles. The Hall–Kier alpha value is -1.99. The van der Waals surface area contributed by atoms with E-state index < -0.39 is 72.2 Å². The number of hydrogen-bond donors (Lipinski definition) is 4. The Morgan fingerprint density at radius 3 is 2.67 bits per heavy atom. The second kappa shape index (κ2) is 4.89. The van der Waals surface area contributed by atoms with Crippen LogP contribution in [0.5, 0.6) is 0 Å². The fourth-order valence-electron chi connectivity index (χ4n) is 5.24. The number of nitrogens with two attached hydrogens (primary N) is 1. The summed E-state index contributed by atoms with van der Waals surface area (Å²) in [4.78, 5) is 27.5. The van der Waals surface area contributed by atoms with Gasteiger partial charge in [0.1, 0.15) is 30.5 Å². The smallest absolute Gasteiger partial charge is 0.311 e. The molecule has 27 heavy (non-hydrogen) atoms. The molecule has 5 fully saturated rings. The Bertz CT molecular complexity index is 776. The van der Waals surface area contributed by atoms with E-state index in [1.807, 2.05) is 0 Å². The number of carbonyl (C=O) groups excluding carboxylic acids is 2. The van der Waals surface area contributed by atoms with Crippen molar-refractivity contribution in [3.05, 3.63) is 0 Å². The van der Waals surface area contributed by atoms with Crippen molar-refractivity contribution in [1.29, 1.82) is 0 Å². The van der Waals surface area contributed by atoms with Crippen LogP contribution in [0.15, 0.2) is 4.99 Å². The number of nitrogens with zero attached hydrogens (tertiary/aromatic N) is 1. The topological polar surface area (TPSA) is 171 Å². The zero-order valence-electron chi connectivity index (χ0n) is 14.4. The highest BCUT2D eigenvalue weighted by Crippen LogP contribution is 2.64. The molecular formula is C15H19N3O9. The first kappa shape index (κ1) is 17.1. The van der Waals surface area contributed by atoms with Gasteiger partial charge in [0.05, 0.1) is 5.92 Å². The Morgan fingerprint density at radius 2 is 2.00 bits per heavy atom. The number of hydrogen-bond acceptors (Lipinski definition) is 12. The zero-order valence-corrected chi connectivity index (χ0v) is 14.4. The number of aliphatic hydroxyl groups is 2. The second-order valence-corrected chi connectivity index (χ2v) is 7.49. The van der Waals surface area contributed by atoms with E-state index in [0.717, 1.165) is 0 Å². The number of aliphatic hydroxyl groups excluding tert-OH is 1. The monoisotopic (exact) mass is 385 g/mol.